The van der Waals surface area contributed by atoms with Crippen LogP contribution in [-0.4, -0.2) is 51.7 Å². The van der Waals surface area contributed by atoms with Gasteiger partial charge in [-0.3, -0.25) is 4.52 Å². The number of rotatable bonds is 7. The van der Waals surface area contributed by atoms with Gasteiger partial charge in [-0.2, -0.15) is 0 Å². The summed E-state index contributed by atoms with van der Waals surface area (Å²) in [6, 6.07) is 5.93. The van der Waals surface area contributed by atoms with E-state index in [0.29, 0.717) is 54.8 Å². The van der Waals surface area contributed by atoms with Crippen molar-refractivity contribution in [2.24, 2.45) is 17.3 Å². The lowest BCUT2D eigenvalue weighted by molar-refractivity contribution is -0.0217. The third-order valence-corrected chi connectivity index (χ3v) is 8.91. The average Bonchev–Trinajstić information content (AvgIpc) is 3.08. The molecule has 184 valence electrons. The van der Waals surface area contributed by atoms with Gasteiger partial charge in [0.1, 0.15) is 5.75 Å². The van der Waals surface area contributed by atoms with Crippen LogP contribution < -0.4 is 4.74 Å². The van der Waals surface area contributed by atoms with E-state index in [2.05, 4.69) is 13.0 Å². The zero-order chi connectivity index (χ0) is 23.8. The lowest BCUT2D eigenvalue weighted by Gasteiger charge is -2.50. The largest absolute Gasteiger partial charge is 0.469 e. The number of nitrogens with zero attached hydrogens (tertiary/aromatic N) is 1. The normalized spacial score (nSPS) is 30.8. The summed E-state index contributed by atoms with van der Waals surface area (Å²) >= 11 is 11.6. The first-order chi connectivity index (χ1) is 15.7. The van der Waals surface area contributed by atoms with E-state index in [-0.39, 0.29) is 5.41 Å². The number of carbonyl (C=O) groups excluding carboxylic acids is 1. The van der Waals surface area contributed by atoms with Crippen molar-refractivity contribution in [1.82, 2.24) is 4.90 Å². The zero-order valence-corrected chi connectivity index (χ0v) is 21.2. The van der Waals surface area contributed by atoms with Crippen LogP contribution in [0.15, 0.2) is 18.2 Å². The van der Waals surface area contributed by atoms with Gasteiger partial charge in [-0.05, 0) is 85.0 Å². The Labute approximate surface area is 205 Å². The van der Waals surface area contributed by atoms with Crippen molar-refractivity contribution in [1.29, 1.82) is 0 Å². The smallest absolute Gasteiger partial charge is 0.410 e. The molecule has 7 nitrogen and oxygen atoms in total. The van der Waals surface area contributed by atoms with Gasteiger partial charge in [0.05, 0.1) is 6.10 Å². The van der Waals surface area contributed by atoms with E-state index in [1.807, 2.05) is 12.1 Å². The Hall–Kier alpha value is -0.820. The quantitative estimate of drug-likeness (QED) is 0.374. The second-order valence-corrected chi connectivity index (χ2v) is 11.7. The Kier molecular flexibility index (Phi) is 7.69. The van der Waals surface area contributed by atoms with E-state index in [4.69, 9.17) is 32.5 Å². The lowest BCUT2D eigenvalue weighted by atomic mass is 9.55. The summed E-state index contributed by atoms with van der Waals surface area (Å²) in [6.07, 6.45) is 4.55. The molecule has 33 heavy (non-hydrogen) atoms. The molecule has 0 radical (unpaired) electrons. The predicted molar refractivity (Wildman–Crippen MR) is 127 cm³/mol. The van der Waals surface area contributed by atoms with Gasteiger partial charge in [-0.25, -0.2) is 9.36 Å². The Bertz CT molecular complexity index is 920. The molecule has 10 heteroatoms. The minimum atomic E-state index is -4.50. The molecule has 1 aromatic rings. The van der Waals surface area contributed by atoms with Crippen LogP contribution in [0.3, 0.4) is 0 Å². The molecule has 0 aliphatic heterocycles. The van der Waals surface area contributed by atoms with E-state index in [1.165, 1.54) is 16.0 Å². The van der Waals surface area contributed by atoms with Crippen LogP contribution in [0.4, 0.5) is 4.79 Å². The molecule has 4 unspecified atom stereocenters. The number of benzene rings is 1. The molecule has 4 rings (SSSR count). The molecule has 3 aliphatic rings. The molecule has 1 amide bonds. The highest BCUT2D eigenvalue weighted by atomic mass is 35.5. The van der Waals surface area contributed by atoms with Crippen LogP contribution in [0.2, 0.25) is 0 Å². The van der Waals surface area contributed by atoms with Crippen LogP contribution in [0.25, 0.3) is 0 Å². The van der Waals surface area contributed by atoms with E-state index in [9.17, 15) is 19.1 Å². The number of hydrogen-bond donors (Lipinski definition) is 2. The molecule has 0 bridgehead atoms. The number of halogens is 2. The van der Waals surface area contributed by atoms with Crippen molar-refractivity contribution in [3.63, 3.8) is 0 Å². The van der Waals surface area contributed by atoms with Crippen LogP contribution >= 0.6 is 31.0 Å². The number of aryl methyl sites for hydroxylation is 1. The van der Waals surface area contributed by atoms with Gasteiger partial charge in [0.15, 0.2) is 0 Å². The molecule has 2 saturated carbocycles. The van der Waals surface area contributed by atoms with Gasteiger partial charge in [-0.15, -0.1) is 23.2 Å². The van der Waals surface area contributed by atoms with Crippen molar-refractivity contribution >= 4 is 37.1 Å². The van der Waals surface area contributed by atoms with Gasteiger partial charge < -0.3 is 19.4 Å². The molecule has 1 aromatic carbocycles. The first-order valence-electron chi connectivity index (χ1n) is 11.6. The first-order valence-corrected chi connectivity index (χ1v) is 14.2. The predicted octanol–water partition coefficient (Wildman–Crippen LogP) is 5.30. The molecule has 0 heterocycles. The minimum Gasteiger partial charge on any atom is -0.410 e. The van der Waals surface area contributed by atoms with Crippen LogP contribution in [-0.2, 0) is 15.5 Å². The first kappa shape index (κ1) is 25.3. The fraction of sp³-hybridized carbons (Fsp3) is 0.696. The number of phosphoric acid groups is 1. The Balaban J connectivity index is 1.48. The number of phosphoric ester groups is 1. The molecule has 2 N–H and O–H groups in total. The number of alkyl halides is 2. The summed E-state index contributed by atoms with van der Waals surface area (Å²) in [6.45, 7) is 2.91. The van der Waals surface area contributed by atoms with Crippen LogP contribution in [0, 0.1) is 17.3 Å². The Morgan fingerprint density at radius 1 is 1.18 bits per heavy atom. The second-order valence-electron chi connectivity index (χ2n) is 9.72. The third kappa shape index (κ3) is 5.24. The number of amides is 1. The number of hydrogen-bond acceptors (Lipinski definition) is 4. The maximum atomic E-state index is 12.5. The van der Waals surface area contributed by atoms with Gasteiger partial charge in [-0.1, -0.05) is 13.0 Å². The van der Waals surface area contributed by atoms with E-state index >= 15 is 0 Å². The fourth-order valence-corrected chi connectivity index (χ4v) is 7.66. The summed E-state index contributed by atoms with van der Waals surface area (Å²) in [4.78, 5) is 32.7. The fourth-order valence-electron chi connectivity index (χ4n) is 6.58. The van der Waals surface area contributed by atoms with Crippen molar-refractivity contribution in [2.75, 3.05) is 24.8 Å². The molecular weight excluding hydrogens is 488 g/mol. The number of carbonyl (C=O) groups is 1. The molecule has 0 saturated heterocycles. The molecule has 0 aromatic heterocycles. The molecule has 3 aliphatic carbocycles. The van der Waals surface area contributed by atoms with E-state index in [1.54, 1.807) is 0 Å². The lowest BCUT2D eigenvalue weighted by Crippen LogP contribution is -2.44. The topological polar surface area (TPSA) is 96.3 Å². The van der Waals surface area contributed by atoms with Crippen LogP contribution in [0.5, 0.6) is 5.75 Å². The van der Waals surface area contributed by atoms with Gasteiger partial charge >= 0.3 is 13.9 Å². The molecule has 5 atom stereocenters. The Morgan fingerprint density at radius 2 is 1.91 bits per heavy atom. The van der Waals surface area contributed by atoms with Crippen molar-refractivity contribution < 1.29 is 28.4 Å². The summed E-state index contributed by atoms with van der Waals surface area (Å²) in [5.41, 5.74) is 2.32. The highest BCUT2D eigenvalue weighted by Gasteiger charge is 2.56. The highest BCUT2D eigenvalue weighted by molar-refractivity contribution is 7.46. The van der Waals surface area contributed by atoms with Crippen molar-refractivity contribution in [3.8, 4) is 5.75 Å². The highest BCUT2D eigenvalue weighted by Crippen LogP contribution is 2.63. The average molecular weight is 520 g/mol. The van der Waals surface area contributed by atoms with E-state index in [0.717, 1.165) is 32.1 Å². The summed E-state index contributed by atoms with van der Waals surface area (Å²) < 4.78 is 22.3. The minimum absolute atomic E-state index is 0.205. The zero-order valence-electron chi connectivity index (χ0n) is 18.8. The van der Waals surface area contributed by atoms with Crippen molar-refractivity contribution in [2.45, 2.75) is 57.5 Å². The summed E-state index contributed by atoms with van der Waals surface area (Å²) in [5, 5.41) is 0. The van der Waals surface area contributed by atoms with Gasteiger partial charge in [0.2, 0.25) is 0 Å². The third-order valence-electron chi connectivity index (χ3n) is 8.05. The van der Waals surface area contributed by atoms with Gasteiger partial charge in [0.25, 0.3) is 0 Å². The molecular formula is C23H32Cl2NO6P. The summed E-state index contributed by atoms with van der Waals surface area (Å²) in [5.74, 6) is 2.44. The SMILES string of the molecule is CC12CCC3c4ccc(OC(=O)N(CCCl)CCCl)cc4CCC3C1CC[C@@H]2OP(=O)(O)O. The van der Waals surface area contributed by atoms with Crippen molar-refractivity contribution in [3.05, 3.63) is 29.3 Å². The number of ether oxygens (including phenoxy) is 1. The summed E-state index contributed by atoms with van der Waals surface area (Å²) in [7, 11) is -4.50. The maximum absolute atomic E-state index is 12.5. The second kappa shape index (κ2) is 10.0. The van der Waals surface area contributed by atoms with Crippen LogP contribution in [0.1, 0.15) is 56.1 Å². The Morgan fingerprint density at radius 3 is 2.58 bits per heavy atom. The maximum Gasteiger partial charge on any atom is 0.469 e. The van der Waals surface area contributed by atoms with E-state index < -0.39 is 20.0 Å². The monoisotopic (exact) mass is 519 g/mol. The molecule has 0 spiro atoms. The standard InChI is InChI=1S/C23H32Cl2NO6P/c1-23-9-8-18-17-5-3-16(31-22(27)26(12-10-24)13-11-25)14-15(17)2-4-19(18)20(23)6-7-21(23)32-33(28,29)30/h3,5,14,18-21H,2,4,6-13H2,1H3,(H2,28,29,30)/t18?,19?,20?,21-,23?/m0/s1. The van der Waals surface area contributed by atoms with Gasteiger partial charge in [0, 0.05) is 24.8 Å². The molecule has 2 fully saturated rings. The number of fused-ring (bicyclic) bond motifs is 5.